The Morgan fingerprint density at radius 2 is 1.29 bits per heavy atom. The molecular weight excluding hydrogens is 1580 g/mol. The van der Waals surface area contributed by atoms with Crippen LogP contribution in [0.15, 0.2) is 78.9 Å². The van der Waals surface area contributed by atoms with Gasteiger partial charge in [-0.15, -0.1) is 0 Å². The van der Waals surface area contributed by atoms with Crippen molar-refractivity contribution >= 4 is 70.5 Å². The molecule has 38 heteroatoms. The van der Waals surface area contributed by atoms with Crippen molar-refractivity contribution in [1.29, 1.82) is 0 Å². The van der Waals surface area contributed by atoms with Crippen LogP contribution in [0.2, 0.25) is 10.0 Å². The first-order chi connectivity index (χ1) is 55.3. The number of primary amides is 1. The second-order valence-corrected chi connectivity index (χ2v) is 32.0. The number of benzene rings is 5. The van der Waals surface area contributed by atoms with Gasteiger partial charge < -0.3 is 143 Å². The number of likely N-dealkylation sites (N-methyl/N-ethyl adjacent to an activating group) is 1. The molecule has 0 aliphatic carbocycles. The number of aliphatic carboxylic acids is 1. The van der Waals surface area contributed by atoms with Crippen molar-refractivity contribution in [2.24, 2.45) is 17.4 Å². The van der Waals surface area contributed by atoms with Gasteiger partial charge in [0.1, 0.15) is 89.5 Å². The number of aliphatic hydroxyl groups excluding tert-OH is 6. The zero-order chi connectivity index (χ0) is 85.1. The van der Waals surface area contributed by atoms with Gasteiger partial charge in [-0.1, -0.05) is 81.4 Å². The summed E-state index contributed by atoms with van der Waals surface area (Å²) >= 11 is 14.6. The SMILES string of the molecule is CCCCCCN[C@@]1(C)C[C@H](O[C@H]2[C@H](Oc3c4cc5cc3Oc3ccc(cc3Cl)[C@@H](O[C@H]3C[C@](C)(N)[C@H](O)[C@H](C)O3)[C@@H]3NC(=O)[C@H](NC(=O)[C@@H]5NC(=O)[C@H](CC(N)=O)NC(=O)[C@H](NC(=O)[C@@H](CC(C)C)NC)[C@H](O)c5ccc(c(Cl)c5)O4)c4ccc(O)c(c4)-c4c(O)cc(O)cc4[C@H](C(=O)O)NC3=O)O[C@H](CO)[C@@H](O)[C@@H]2O)O[C@@H](C)[C@H]1O. The summed E-state index contributed by atoms with van der Waals surface area (Å²) in [5.41, 5.74) is 7.17. The molecule has 0 saturated carbocycles. The van der Waals surface area contributed by atoms with Crippen LogP contribution >= 0.6 is 23.2 Å². The molecule has 3 saturated heterocycles. The predicted molar refractivity (Wildman–Crippen MR) is 414 cm³/mol. The molecule has 22 atom stereocenters. The van der Waals surface area contributed by atoms with Gasteiger partial charge in [0.25, 0.3) is 0 Å². The summed E-state index contributed by atoms with van der Waals surface area (Å²) < 4.78 is 52.6. The number of hydrogen-bond acceptors (Lipinski definition) is 28. The van der Waals surface area contributed by atoms with E-state index < -0.39 is 255 Å². The maximum atomic E-state index is 16.5. The normalized spacial score (nSPS) is 31.0. The molecular formula is C79H100Cl2N10O26. The highest BCUT2D eigenvalue weighted by molar-refractivity contribution is 6.32. The lowest BCUT2D eigenvalue weighted by molar-refractivity contribution is -0.334. The summed E-state index contributed by atoms with van der Waals surface area (Å²) in [5, 5.41) is 137. The Bertz CT molecular complexity index is 4550. The average Bonchev–Trinajstić information content (AvgIpc) is 0.761. The monoisotopic (exact) mass is 1670 g/mol. The fraction of sp³-hybridized carbons (Fsp3) is 0.519. The molecule has 22 N–H and O–H groups in total. The quantitative estimate of drug-likeness (QED) is 0.0469. The van der Waals surface area contributed by atoms with E-state index in [9.17, 15) is 65.4 Å². The fourth-order valence-electron chi connectivity index (χ4n) is 15.3. The number of phenols is 3. The van der Waals surface area contributed by atoms with Crippen LogP contribution in [0.25, 0.3) is 11.1 Å². The van der Waals surface area contributed by atoms with Gasteiger partial charge in [-0.05, 0) is 137 Å². The number of aliphatic hydroxyl groups is 6. The number of fused-ring (bicyclic) bond motifs is 15. The molecule has 36 nitrogen and oxygen atoms in total. The van der Waals surface area contributed by atoms with Crippen LogP contribution in [-0.2, 0) is 62.0 Å². The van der Waals surface area contributed by atoms with Gasteiger partial charge in [0, 0.05) is 46.7 Å². The third-order valence-electron chi connectivity index (χ3n) is 21.7. The first kappa shape index (κ1) is 88.5. The molecule has 11 bridgehead atoms. The highest BCUT2D eigenvalue weighted by Gasteiger charge is 2.53. The largest absolute Gasteiger partial charge is 0.508 e. The summed E-state index contributed by atoms with van der Waals surface area (Å²) in [6, 6.07) is -0.239. The zero-order valence-electron chi connectivity index (χ0n) is 65.1. The number of unbranched alkanes of at least 4 members (excludes halogenated alkanes) is 3. The Morgan fingerprint density at radius 3 is 1.91 bits per heavy atom. The minimum absolute atomic E-state index is 0.0976. The van der Waals surface area contributed by atoms with Gasteiger partial charge in [0.05, 0.1) is 53.5 Å². The van der Waals surface area contributed by atoms with Crippen molar-refractivity contribution in [3.8, 4) is 57.1 Å². The van der Waals surface area contributed by atoms with Crippen LogP contribution in [0.5, 0.6) is 46.0 Å². The van der Waals surface area contributed by atoms with Crippen molar-refractivity contribution in [2.75, 3.05) is 20.2 Å². The van der Waals surface area contributed by atoms with Gasteiger partial charge in [0.15, 0.2) is 36.2 Å². The maximum Gasteiger partial charge on any atom is 0.330 e. The molecule has 117 heavy (non-hydrogen) atoms. The van der Waals surface area contributed by atoms with Crippen LogP contribution in [-0.4, -0.2) is 222 Å². The number of carbonyl (C=O) groups is 8. The second kappa shape index (κ2) is 36.9. The van der Waals surface area contributed by atoms with Crippen molar-refractivity contribution in [2.45, 2.75) is 233 Å². The summed E-state index contributed by atoms with van der Waals surface area (Å²) in [6.07, 6.45) is -18.7. The highest BCUT2D eigenvalue weighted by Crippen LogP contribution is 2.51. The molecule has 13 rings (SSSR count). The van der Waals surface area contributed by atoms with Crippen molar-refractivity contribution in [3.05, 3.63) is 117 Å². The second-order valence-electron chi connectivity index (χ2n) is 31.2. The molecule has 8 aliphatic rings. The summed E-state index contributed by atoms with van der Waals surface area (Å²) in [7, 11) is 1.48. The number of carboxylic acids is 1. The molecule has 0 unspecified atom stereocenters. The minimum atomic E-state index is -2.38. The van der Waals surface area contributed by atoms with Gasteiger partial charge in [-0.2, -0.15) is 0 Å². The van der Waals surface area contributed by atoms with E-state index in [1.54, 1.807) is 13.8 Å². The van der Waals surface area contributed by atoms with Crippen molar-refractivity contribution in [3.63, 3.8) is 0 Å². The van der Waals surface area contributed by atoms with E-state index in [0.29, 0.717) is 6.54 Å². The van der Waals surface area contributed by atoms with Crippen LogP contribution in [0, 0.1) is 5.92 Å². The predicted octanol–water partition coefficient (Wildman–Crippen LogP) is 2.55. The van der Waals surface area contributed by atoms with E-state index in [2.05, 4.69) is 49.5 Å². The number of hydrogen-bond donors (Lipinski definition) is 20. The first-order valence-electron chi connectivity index (χ1n) is 38.3. The van der Waals surface area contributed by atoms with Crippen LogP contribution in [0.3, 0.4) is 0 Å². The summed E-state index contributed by atoms with van der Waals surface area (Å²) in [5.74, 6) is -15.9. The number of amides is 7. The number of phenolic OH excluding ortho intramolecular Hbond substituents is 3. The summed E-state index contributed by atoms with van der Waals surface area (Å²) in [4.78, 5) is 120. The van der Waals surface area contributed by atoms with E-state index in [1.165, 1.54) is 51.2 Å². The number of halogens is 2. The molecule has 7 amide bonds. The Kier molecular flexibility index (Phi) is 27.9. The van der Waals surface area contributed by atoms with Crippen molar-refractivity contribution < 1.29 is 127 Å². The van der Waals surface area contributed by atoms with Gasteiger partial charge in [-0.25, -0.2) is 4.79 Å². The lowest BCUT2D eigenvalue weighted by Gasteiger charge is -2.48. The topological polar surface area (TPSA) is 561 Å². The Balaban J connectivity index is 1.18. The van der Waals surface area contributed by atoms with Gasteiger partial charge >= 0.3 is 5.97 Å². The van der Waals surface area contributed by atoms with E-state index in [0.717, 1.165) is 74.2 Å². The van der Waals surface area contributed by atoms with E-state index in [4.69, 9.17) is 72.6 Å². The minimum Gasteiger partial charge on any atom is -0.508 e. The molecule has 5 aromatic rings. The van der Waals surface area contributed by atoms with Gasteiger partial charge in [0.2, 0.25) is 53.4 Å². The lowest BCUT2D eigenvalue weighted by Crippen LogP contribution is -2.65. The van der Waals surface area contributed by atoms with E-state index in [-0.39, 0.29) is 58.4 Å². The molecule has 0 spiro atoms. The van der Waals surface area contributed by atoms with E-state index in [1.807, 2.05) is 13.8 Å². The zero-order valence-corrected chi connectivity index (χ0v) is 66.6. The van der Waals surface area contributed by atoms with E-state index >= 15 is 24.0 Å². The molecule has 0 radical (unpaired) electrons. The van der Waals surface area contributed by atoms with Gasteiger partial charge in [-0.3, -0.25) is 33.6 Å². The number of rotatable bonds is 21. The Morgan fingerprint density at radius 1 is 0.675 bits per heavy atom. The van der Waals surface area contributed by atoms with Crippen molar-refractivity contribution in [1.82, 2.24) is 42.5 Å². The Hall–Kier alpha value is -9.32. The van der Waals surface area contributed by atoms with Crippen LogP contribution in [0.1, 0.15) is 158 Å². The smallest absolute Gasteiger partial charge is 0.330 e. The first-order valence-corrected chi connectivity index (χ1v) is 39.1. The number of nitrogens with two attached hydrogens (primary N) is 2. The number of carbonyl (C=O) groups excluding carboxylic acids is 7. The molecule has 8 heterocycles. The molecule has 3 fully saturated rings. The fourth-order valence-corrected chi connectivity index (χ4v) is 15.8. The maximum absolute atomic E-state index is 16.5. The Labute approximate surface area is 681 Å². The molecule has 8 aliphatic heterocycles. The highest BCUT2D eigenvalue weighted by atomic mass is 35.5. The molecule has 5 aromatic carbocycles. The summed E-state index contributed by atoms with van der Waals surface area (Å²) in [6.45, 7) is 11.5. The average molecular weight is 1680 g/mol. The number of nitrogens with one attached hydrogen (secondary N) is 8. The molecule has 0 aromatic heterocycles. The number of carboxylic acid groups (broad SMARTS) is 1. The number of ether oxygens (including phenoxy) is 8. The lowest BCUT2D eigenvalue weighted by atomic mass is 9.85. The standard InChI is InChI=1S/C79H100Cl2N10O26/c1-9-10-11-12-19-85-79(7)30-55(111-34(5)69(79)101)116-67-64(99)63(98)52(31-92)114-77(67)117-66-50-24-38-25-51(66)113-49-18-15-37(23-43(49)81)65(115-54-29-78(6,83)68(100)33(4)110-54)61-75(107)89-59(76(108)109)41-26-39(93)27-47(95)56(41)40-21-35(13-16-46(40)94)57(72(104)91-61)88-73(105)58(38)87-71(103)45(28-53(82)96)86-74(106)60(90-70(102)44(84-8)20-32(2)3)62(97)36-14-17-48(112-50)42(80)22-36/h13-18,21-27,32-34,44-45,52,54-55,57-65,67-69,77,84-85,92-95,97-101H,9-12,19-20,28-31,83H2,1-8H3,(H2,82,96)(H,86,106)(H,87,103)(H,88,105)(H,89,107)(H,90,102)(H,91,104)(H,108,109)/t33-,34-,44+,45-,52+,54-,55-,57+,58+,59+,60+,61-,62+,63+,64-,65+,67+,68+,69+,77-,78-,79-/m0/s1. The third kappa shape index (κ3) is 19.7. The third-order valence-corrected chi connectivity index (χ3v) is 22.2. The van der Waals surface area contributed by atoms with Crippen LogP contribution < -0.4 is 68.2 Å². The molecule has 636 valence electrons. The van der Waals surface area contributed by atoms with Crippen LogP contribution in [0.4, 0.5) is 0 Å². The number of aromatic hydroxyl groups is 3.